The molecule has 1 N–H and O–H groups in total. The lowest BCUT2D eigenvalue weighted by molar-refractivity contribution is 1.14. The van der Waals surface area contributed by atoms with E-state index in [-0.39, 0.29) is 0 Å². The van der Waals surface area contributed by atoms with Crippen molar-refractivity contribution in [3.63, 3.8) is 0 Å². The highest BCUT2D eigenvalue weighted by Crippen LogP contribution is 2.26. The van der Waals surface area contributed by atoms with Crippen LogP contribution >= 0.6 is 38.6 Å². The predicted octanol–water partition coefficient (Wildman–Crippen LogP) is 4.20. The maximum Gasteiger partial charge on any atom is 0.183 e. The van der Waals surface area contributed by atoms with Crippen LogP contribution in [-0.2, 0) is 6.54 Å². The second kappa shape index (κ2) is 4.63. The first-order valence-corrected chi connectivity index (χ1v) is 7.05. The number of aryl methyl sites for hydroxylation is 2. The molecule has 0 saturated carbocycles. The van der Waals surface area contributed by atoms with Crippen LogP contribution in [0.5, 0.6) is 0 Å². The molecule has 2 nitrogen and oxygen atoms in total. The molecule has 15 heavy (non-hydrogen) atoms. The number of thiophene rings is 1. The minimum absolute atomic E-state index is 0.838. The minimum Gasteiger partial charge on any atom is -0.357 e. The molecule has 5 heteroatoms. The largest absolute Gasteiger partial charge is 0.357 e. The van der Waals surface area contributed by atoms with Gasteiger partial charge in [0.25, 0.3) is 0 Å². The van der Waals surface area contributed by atoms with E-state index in [9.17, 15) is 0 Å². The Morgan fingerprint density at radius 2 is 2.27 bits per heavy atom. The van der Waals surface area contributed by atoms with Gasteiger partial charge in [-0.05, 0) is 41.2 Å². The average molecular weight is 303 g/mol. The fourth-order valence-corrected chi connectivity index (χ4v) is 3.40. The summed E-state index contributed by atoms with van der Waals surface area (Å²) in [4.78, 5) is 7.02. The number of nitrogens with zero attached hydrogens (tertiary/aromatic N) is 1. The van der Waals surface area contributed by atoms with E-state index in [4.69, 9.17) is 0 Å². The van der Waals surface area contributed by atoms with Crippen molar-refractivity contribution < 1.29 is 0 Å². The summed E-state index contributed by atoms with van der Waals surface area (Å²) >= 11 is 6.97. The lowest BCUT2D eigenvalue weighted by Gasteiger charge is -2.00. The van der Waals surface area contributed by atoms with E-state index in [0.717, 1.165) is 17.4 Å². The van der Waals surface area contributed by atoms with Gasteiger partial charge >= 0.3 is 0 Å². The molecule has 2 rings (SSSR count). The second-order valence-corrected chi connectivity index (χ2v) is 6.26. The highest BCUT2D eigenvalue weighted by atomic mass is 79.9. The van der Waals surface area contributed by atoms with Crippen molar-refractivity contribution >= 4 is 43.7 Å². The molecule has 0 aliphatic carbocycles. The number of nitrogens with one attached hydrogen (secondary N) is 1. The molecule has 0 aromatic carbocycles. The van der Waals surface area contributed by atoms with Crippen LogP contribution in [0.3, 0.4) is 0 Å². The van der Waals surface area contributed by atoms with E-state index in [1.807, 2.05) is 6.92 Å². The Bertz CT molecular complexity index is 442. The maximum atomic E-state index is 4.44. The summed E-state index contributed by atoms with van der Waals surface area (Å²) in [5.74, 6) is 0. The number of aromatic nitrogens is 1. The second-order valence-electron chi connectivity index (χ2n) is 3.21. The maximum absolute atomic E-state index is 4.44. The van der Waals surface area contributed by atoms with Crippen molar-refractivity contribution in [1.82, 2.24) is 4.98 Å². The van der Waals surface area contributed by atoms with E-state index in [1.165, 1.54) is 14.2 Å². The van der Waals surface area contributed by atoms with Crippen molar-refractivity contribution in [3.8, 4) is 0 Å². The van der Waals surface area contributed by atoms with Crippen LogP contribution in [0, 0.1) is 13.8 Å². The van der Waals surface area contributed by atoms with Gasteiger partial charge in [-0.2, -0.15) is 0 Å². The zero-order chi connectivity index (χ0) is 10.8. The molecular formula is C10H11BrN2S2. The number of thiazole rings is 1. The molecule has 0 radical (unpaired) electrons. The Morgan fingerprint density at radius 1 is 1.47 bits per heavy atom. The summed E-state index contributed by atoms with van der Waals surface area (Å²) in [5.41, 5.74) is 1.12. The number of rotatable bonds is 3. The minimum atomic E-state index is 0.838. The molecule has 0 aliphatic rings. The first-order chi connectivity index (χ1) is 7.16. The smallest absolute Gasteiger partial charge is 0.183 e. The zero-order valence-corrected chi connectivity index (χ0v) is 11.7. The predicted molar refractivity (Wildman–Crippen MR) is 70.9 cm³/mol. The third-order valence-electron chi connectivity index (χ3n) is 2.12. The molecule has 0 fully saturated rings. The van der Waals surface area contributed by atoms with Gasteiger partial charge in [-0.25, -0.2) is 4.98 Å². The van der Waals surface area contributed by atoms with Crippen molar-refractivity contribution in [2.45, 2.75) is 20.4 Å². The van der Waals surface area contributed by atoms with Gasteiger partial charge in [0.2, 0.25) is 0 Å². The Kier molecular flexibility index (Phi) is 3.43. The summed E-state index contributed by atoms with van der Waals surface area (Å²) < 4.78 is 1.17. The lowest BCUT2D eigenvalue weighted by atomic mass is 10.4. The van der Waals surface area contributed by atoms with Crippen LogP contribution in [-0.4, -0.2) is 4.98 Å². The monoisotopic (exact) mass is 302 g/mol. The van der Waals surface area contributed by atoms with Crippen molar-refractivity contribution in [2.75, 3.05) is 5.32 Å². The summed E-state index contributed by atoms with van der Waals surface area (Å²) in [7, 11) is 0. The van der Waals surface area contributed by atoms with E-state index >= 15 is 0 Å². The lowest BCUT2D eigenvalue weighted by Crippen LogP contribution is -1.97. The molecule has 0 bridgehead atoms. The number of hydrogen-bond donors (Lipinski definition) is 1. The quantitative estimate of drug-likeness (QED) is 0.919. The summed E-state index contributed by atoms with van der Waals surface area (Å²) in [6.45, 7) is 4.97. The molecule has 0 amide bonds. The van der Waals surface area contributed by atoms with E-state index in [0.29, 0.717) is 0 Å². The standard InChI is InChI=1S/C10H11BrN2S2/c1-6-7(2)15-10(13-6)12-5-9-8(11)3-4-14-9/h3-4H,5H2,1-2H3,(H,12,13). The fourth-order valence-electron chi connectivity index (χ4n) is 1.16. The Hall–Kier alpha value is -0.390. The SMILES string of the molecule is Cc1nc(NCc2sccc2Br)sc1C. The van der Waals surface area contributed by atoms with E-state index in [1.54, 1.807) is 22.7 Å². The Balaban J connectivity index is 2.02. The summed E-state index contributed by atoms with van der Waals surface area (Å²) in [5, 5.41) is 6.43. The topological polar surface area (TPSA) is 24.9 Å². The van der Waals surface area contributed by atoms with Crippen molar-refractivity contribution in [1.29, 1.82) is 0 Å². The van der Waals surface area contributed by atoms with Crippen LogP contribution < -0.4 is 5.32 Å². The van der Waals surface area contributed by atoms with Crippen LogP contribution in [0.25, 0.3) is 0 Å². The van der Waals surface area contributed by atoms with Gasteiger partial charge in [0.1, 0.15) is 0 Å². The highest BCUT2D eigenvalue weighted by Gasteiger charge is 2.05. The van der Waals surface area contributed by atoms with Gasteiger partial charge in [0.15, 0.2) is 5.13 Å². The Morgan fingerprint density at radius 3 is 2.80 bits per heavy atom. The van der Waals surface area contributed by atoms with Gasteiger partial charge in [-0.1, -0.05) is 0 Å². The molecule has 0 saturated heterocycles. The van der Waals surface area contributed by atoms with Gasteiger partial charge in [-0.15, -0.1) is 22.7 Å². The van der Waals surface area contributed by atoms with Crippen molar-refractivity contribution in [2.24, 2.45) is 0 Å². The molecule has 80 valence electrons. The van der Waals surface area contributed by atoms with Gasteiger partial charge in [-0.3, -0.25) is 0 Å². The molecule has 2 heterocycles. The van der Waals surface area contributed by atoms with Crippen LogP contribution in [0.2, 0.25) is 0 Å². The number of halogens is 1. The van der Waals surface area contributed by atoms with Gasteiger partial charge in [0, 0.05) is 14.2 Å². The van der Waals surface area contributed by atoms with Crippen LogP contribution in [0.4, 0.5) is 5.13 Å². The highest BCUT2D eigenvalue weighted by molar-refractivity contribution is 9.10. The number of hydrogen-bond acceptors (Lipinski definition) is 4. The molecule has 0 atom stereocenters. The molecular weight excluding hydrogens is 292 g/mol. The van der Waals surface area contributed by atoms with E-state index in [2.05, 4.69) is 44.6 Å². The molecule has 0 spiro atoms. The summed E-state index contributed by atoms with van der Waals surface area (Å²) in [6.07, 6.45) is 0. The third-order valence-corrected chi connectivity index (χ3v) is 5.08. The van der Waals surface area contributed by atoms with Crippen LogP contribution in [0.15, 0.2) is 15.9 Å². The zero-order valence-electron chi connectivity index (χ0n) is 8.50. The molecule has 0 aliphatic heterocycles. The van der Waals surface area contributed by atoms with Crippen LogP contribution in [0.1, 0.15) is 15.4 Å². The first-order valence-electron chi connectivity index (χ1n) is 4.56. The van der Waals surface area contributed by atoms with Gasteiger partial charge in [0.05, 0.1) is 12.2 Å². The van der Waals surface area contributed by atoms with Crippen molar-refractivity contribution in [3.05, 3.63) is 31.4 Å². The molecule has 2 aromatic rings. The van der Waals surface area contributed by atoms with E-state index < -0.39 is 0 Å². The fraction of sp³-hybridized carbons (Fsp3) is 0.300. The Labute approximate surface area is 106 Å². The first kappa shape index (κ1) is 11.1. The summed E-state index contributed by atoms with van der Waals surface area (Å²) in [6, 6.07) is 2.07. The average Bonchev–Trinajstić information content (AvgIpc) is 2.72. The third kappa shape index (κ3) is 2.59. The molecule has 0 unspecified atom stereocenters. The molecule has 2 aromatic heterocycles. The van der Waals surface area contributed by atoms with Gasteiger partial charge < -0.3 is 5.32 Å². The normalized spacial score (nSPS) is 10.6. The number of anilines is 1.